The number of alkyl halides is 3. The molecule has 0 radical (unpaired) electrons. The highest BCUT2D eigenvalue weighted by Crippen LogP contribution is 2.30. The molecule has 1 aliphatic heterocycles. The highest BCUT2D eigenvalue weighted by atomic mass is 32.2. The van der Waals surface area contributed by atoms with E-state index in [-0.39, 0.29) is 23.8 Å². The number of halogens is 3. The largest absolute Gasteiger partial charge is 0.442 e. The summed E-state index contributed by atoms with van der Waals surface area (Å²) in [5, 5.41) is 3.17. The van der Waals surface area contributed by atoms with Crippen LogP contribution in [-0.4, -0.2) is 47.2 Å². The number of nitrogens with one attached hydrogen (secondary N) is 1. The molecule has 1 fully saturated rings. The Morgan fingerprint density at radius 1 is 1.50 bits per heavy atom. The average molecular weight is 256 g/mol. The summed E-state index contributed by atoms with van der Waals surface area (Å²) in [6.45, 7) is 4.87. The van der Waals surface area contributed by atoms with Crippen LogP contribution in [0.5, 0.6) is 0 Å². The topological polar surface area (TPSA) is 32.3 Å². The molecule has 0 aromatic carbocycles. The van der Waals surface area contributed by atoms with Crippen LogP contribution in [0.3, 0.4) is 0 Å². The second-order valence-corrected chi connectivity index (χ2v) is 4.85. The van der Waals surface area contributed by atoms with E-state index in [4.69, 9.17) is 0 Å². The normalized spacial score (nSPS) is 26.9. The highest BCUT2D eigenvalue weighted by molar-refractivity contribution is 8.00. The zero-order valence-corrected chi connectivity index (χ0v) is 9.99. The van der Waals surface area contributed by atoms with Crippen molar-refractivity contribution >= 4 is 17.7 Å². The van der Waals surface area contributed by atoms with Gasteiger partial charge in [0.1, 0.15) is 0 Å². The molecule has 1 aliphatic rings. The van der Waals surface area contributed by atoms with Gasteiger partial charge in [0.05, 0.1) is 5.75 Å². The van der Waals surface area contributed by atoms with Crippen molar-refractivity contribution in [1.82, 2.24) is 10.2 Å². The van der Waals surface area contributed by atoms with E-state index in [1.54, 1.807) is 0 Å². The first-order valence-electron chi connectivity index (χ1n) is 5.05. The molecule has 0 aromatic rings. The van der Waals surface area contributed by atoms with Gasteiger partial charge in [-0.2, -0.15) is 13.2 Å². The predicted molar refractivity (Wildman–Crippen MR) is 57.2 cm³/mol. The maximum Gasteiger partial charge on any atom is 0.442 e. The monoisotopic (exact) mass is 256 g/mol. The Morgan fingerprint density at radius 2 is 2.12 bits per heavy atom. The number of carbonyl (C=O) groups excluding carboxylic acids is 1. The van der Waals surface area contributed by atoms with Gasteiger partial charge in [-0.3, -0.25) is 4.79 Å². The number of hydrogen-bond acceptors (Lipinski definition) is 3. The van der Waals surface area contributed by atoms with Gasteiger partial charge in [0.25, 0.3) is 0 Å². The highest BCUT2D eigenvalue weighted by Gasteiger charge is 2.33. The fourth-order valence-corrected chi connectivity index (χ4v) is 2.09. The summed E-state index contributed by atoms with van der Waals surface area (Å²) < 4.78 is 35.8. The Bertz CT molecular complexity index is 260. The molecule has 1 N–H and O–H groups in total. The van der Waals surface area contributed by atoms with Crippen molar-refractivity contribution in [3.63, 3.8) is 0 Å². The molecule has 16 heavy (non-hydrogen) atoms. The zero-order valence-electron chi connectivity index (χ0n) is 9.17. The van der Waals surface area contributed by atoms with Crippen molar-refractivity contribution in [2.75, 3.05) is 18.8 Å². The summed E-state index contributed by atoms with van der Waals surface area (Å²) in [5.74, 6) is -0.969. The van der Waals surface area contributed by atoms with E-state index in [9.17, 15) is 18.0 Å². The van der Waals surface area contributed by atoms with Gasteiger partial charge in [-0.25, -0.2) is 0 Å². The minimum absolute atomic E-state index is 0.0601. The quantitative estimate of drug-likeness (QED) is 0.811. The van der Waals surface area contributed by atoms with E-state index in [2.05, 4.69) is 5.32 Å². The smallest absolute Gasteiger partial charge is 0.336 e. The maximum absolute atomic E-state index is 11.9. The number of rotatable bonds is 2. The lowest BCUT2D eigenvalue weighted by Crippen LogP contribution is -2.57. The summed E-state index contributed by atoms with van der Waals surface area (Å²) in [7, 11) is 0. The van der Waals surface area contributed by atoms with E-state index in [1.165, 1.54) is 4.90 Å². The lowest BCUT2D eigenvalue weighted by atomic mass is 10.1. The third kappa shape index (κ3) is 3.86. The zero-order chi connectivity index (χ0) is 12.3. The minimum Gasteiger partial charge on any atom is -0.336 e. The molecule has 3 nitrogen and oxygen atoms in total. The van der Waals surface area contributed by atoms with Crippen molar-refractivity contribution in [2.45, 2.75) is 31.4 Å². The van der Waals surface area contributed by atoms with E-state index in [0.29, 0.717) is 13.1 Å². The van der Waals surface area contributed by atoms with Gasteiger partial charge in [-0.15, -0.1) is 0 Å². The van der Waals surface area contributed by atoms with Gasteiger partial charge in [-0.05, 0) is 25.6 Å². The summed E-state index contributed by atoms with van der Waals surface area (Å²) in [5.41, 5.74) is -4.33. The van der Waals surface area contributed by atoms with Crippen molar-refractivity contribution < 1.29 is 18.0 Å². The molecule has 0 aromatic heterocycles. The Labute approximate surface area is 96.7 Å². The van der Waals surface area contributed by atoms with Crippen LogP contribution in [-0.2, 0) is 4.79 Å². The molecule has 1 rings (SSSR count). The Balaban J connectivity index is 2.47. The van der Waals surface area contributed by atoms with Gasteiger partial charge < -0.3 is 10.2 Å². The van der Waals surface area contributed by atoms with E-state index in [1.807, 2.05) is 13.8 Å². The number of hydrogen-bond donors (Lipinski definition) is 1. The first kappa shape index (κ1) is 13.6. The summed E-state index contributed by atoms with van der Waals surface area (Å²) >= 11 is -0.273. The Kier molecular flexibility index (Phi) is 4.49. The predicted octanol–water partition coefficient (Wildman–Crippen LogP) is 1.45. The van der Waals surface area contributed by atoms with Crippen LogP contribution in [0.15, 0.2) is 0 Å². The minimum atomic E-state index is -4.33. The molecule has 0 aliphatic carbocycles. The molecule has 2 atom stereocenters. The summed E-state index contributed by atoms with van der Waals surface area (Å²) in [4.78, 5) is 13.1. The molecule has 1 amide bonds. The first-order valence-corrected chi connectivity index (χ1v) is 6.03. The molecule has 7 heteroatoms. The third-order valence-corrected chi connectivity index (χ3v) is 3.43. The lowest BCUT2D eigenvalue weighted by Gasteiger charge is -2.38. The molecule has 1 saturated heterocycles. The third-order valence-electron chi connectivity index (χ3n) is 2.71. The van der Waals surface area contributed by atoms with Crippen molar-refractivity contribution in [3.05, 3.63) is 0 Å². The van der Waals surface area contributed by atoms with Gasteiger partial charge >= 0.3 is 5.51 Å². The van der Waals surface area contributed by atoms with Crippen LogP contribution < -0.4 is 5.32 Å². The van der Waals surface area contributed by atoms with Gasteiger partial charge in [-0.1, -0.05) is 0 Å². The van der Waals surface area contributed by atoms with Crippen LogP contribution in [0, 0.1) is 0 Å². The standard InChI is InChI=1S/C9H15F3N2OS/c1-6-7(2)14(4-3-13-6)8(15)5-16-9(10,11)12/h6-7,13H,3-5H2,1-2H3. The van der Waals surface area contributed by atoms with Crippen LogP contribution >= 0.6 is 11.8 Å². The summed E-state index contributed by atoms with van der Waals surface area (Å²) in [6.07, 6.45) is 0. The second kappa shape index (κ2) is 5.27. The molecular formula is C9H15F3N2OS. The van der Waals surface area contributed by atoms with Gasteiger partial charge in [0.2, 0.25) is 5.91 Å². The first-order chi connectivity index (χ1) is 7.31. The molecule has 1 heterocycles. The van der Waals surface area contributed by atoms with Crippen LogP contribution in [0.2, 0.25) is 0 Å². The average Bonchev–Trinajstić information content (AvgIpc) is 2.17. The number of nitrogens with zero attached hydrogens (tertiary/aromatic N) is 1. The van der Waals surface area contributed by atoms with Crippen molar-refractivity contribution in [2.24, 2.45) is 0 Å². The summed E-state index contributed by atoms with van der Waals surface area (Å²) in [6, 6.07) is 0.0590. The van der Waals surface area contributed by atoms with E-state index < -0.39 is 17.2 Å². The maximum atomic E-state index is 11.9. The molecule has 0 saturated carbocycles. The number of thioether (sulfide) groups is 1. The van der Waals surface area contributed by atoms with Gasteiger partial charge in [0.15, 0.2) is 0 Å². The lowest BCUT2D eigenvalue weighted by molar-refractivity contribution is -0.132. The molecule has 94 valence electrons. The van der Waals surface area contributed by atoms with Crippen LogP contribution in [0.25, 0.3) is 0 Å². The van der Waals surface area contributed by atoms with Gasteiger partial charge in [0, 0.05) is 25.2 Å². The number of piperazine rings is 1. The molecular weight excluding hydrogens is 241 g/mol. The Hall–Kier alpha value is -0.430. The van der Waals surface area contributed by atoms with Crippen molar-refractivity contribution in [1.29, 1.82) is 0 Å². The van der Waals surface area contributed by atoms with E-state index >= 15 is 0 Å². The Morgan fingerprint density at radius 3 is 2.69 bits per heavy atom. The van der Waals surface area contributed by atoms with E-state index in [0.717, 1.165) is 0 Å². The number of carbonyl (C=O) groups is 1. The fraction of sp³-hybridized carbons (Fsp3) is 0.889. The van der Waals surface area contributed by atoms with Crippen LogP contribution in [0.4, 0.5) is 13.2 Å². The van der Waals surface area contributed by atoms with Crippen LogP contribution in [0.1, 0.15) is 13.8 Å². The SMILES string of the molecule is CC1NCCN(C(=O)CSC(F)(F)F)C1C. The number of amides is 1. The van der Waals surface area contributed by atoms with Crippen molar-refractivity contribution in [3.8, 4) is 0 Å². The molecule has 2 unspecified atom stereocenters. The fourth-order valence-electron chi connectivity index (χ4n) is 1.64. The molecule has 0 bridgehead atoms. The molecule has 0 spiro atoms. The second-order valence-electron chi connectivity index (χ2n) is 3.80.